The molecule has 228 valence electrons. The summed E-state index contributed by atoms with van der Waals surface area (Å²) in [6.07, 6.45) is 4.33. The summed E-state index contributed by atoms with van der Waals surface area (Å²) in [4.78, 5) is 57.2. The standard InChI is InChI=1S/C32H43N3O7/c1-5-8-14-25(37)33-18-21(4)41-31(40)26-24-15-16-32(42-24)27(26)29(38)35(23(7-3)20-36)28(32)30(39)34(17-6-2)19-22-12-10-9-11-13-22/h5-6,9-13,21,23-24,26-28,36H,1-2,7-8,14-20H2,3-4H3,(H,33,37)/t21-,23-,24-,26+,27+,28-,32+/m0/s1. The molecule has 4 rings (SSSR count). The van der Waals surface area contributed by atoms with Crippen LogP contribution in [0.5, 0.6) is 0 Å². The number of hydrogen-bond donors (Lipinski definition) is 2. The highest BCUT2D eigenvalue weighted by Gasteiger charge is 2.75. The molecule has 1 aromatic rings. The molecule has 3 saturated heterocycles. The van der Waals surface area contributed by atoms with Gasteiger partial charge >= 0.3 is 5.97 Å². The van der Waals surface area contributed by atoms with Gasteiger partial charge in [-0.15, -0.1) is 13.2 Å². The molecule has 0 aromatic heterocycles. The van der Waals surface area contributed by atoms with Crippen LogP contribution in [0.2, 0.25) is 0 Å². The SMILES string of the molecule is C=CCCC(=O)NC[C@H](C)OC(=O)[C@@H]1[C@@H]2CC[C@]3(O2)[C@H](C(=O)N(CC=C)Cc2ccccc2)N([C@@H](CC)CO)C(=O)[C@@H]13. The van der Waals surface area contributed by atoms with Crippen LogP contribution in [-0.2, 0) is 35.2 Å². The molecule has 3 aliphatic rings. The molecule has 0 saturated carbocycles. The Labute approximate surface area is 247 Å². The molecule has 3 heterocycles. The molecular weight excluding hydrogens is 538 g/mol. The molecule has 3 aliphatic heterocycles. The summed E-state index contributed by atoms with van der Waals surface area (Å²) >= 11 is 0. The zero-order valence-corrected chi connectivity index (χ0v) is 24.6. The molecule has 0 unspecified atom stereocenters. The largest absolute Gasteiger partial charge is 0.460 e. The molecule has 2 N–H and O–H groups in total. The van der Waals surface area contributed by atoms with E-state index in [1.165, 1.54) is 4.90 Å². The van der Waals surface area contributed by atoms with Gasteiger partial charge in [0.25, 0.3) is 0 Å². The van der Waals surface area contributed by atoms with Gasteiger partial charge in [-0.05, 0) is 38.2 Å². The van der Waals surface area contributed by atoms with E-state index in [9.17, 15) is 24.3 Å². The number of benzene rings is 1. The number of carbonyl (C=O) groups excluding carboxylic acids is 4. The maximum absolute atomic E-state index is 14.4. The summed E-state index contributed by atoms with van der Waals surface area (Å²) in [5.41, 5.74) is -0.279. The quantitative estimate of drug-likeness (QED) is 0.241. The van der Waals surface area contributed by atoms with Crippen LogP contribution in [0, 0.1) is 11.8 Å². The Morgan fingerprint density at radius 3 is 2.64 bits per heavy atom. The number of aliphatic hydroxyl groups is 1. The van der Waals surface area contributed by atoms with E-state index in [1.807, 2.05) is 37.3 Å². The fraction of sp³-hybridized carbons (Fsp3) is 0.562. The van der Waals surface area contributed by atoms with Gasteiger partial charge in [0, 0.05) is 19.5 Å². The maximum Gasteiger partial charge on any atom is 0.312 e. The van der Waals surface area contributed by atoms with Crippen molar-refractivity contribution in [2.24, 2.45) is 11.8 Å². The molecular formula is C32H43N3O7. The minimum Gasteiger partial charge on any atom is -0.460 e. The first-order valence-corrected chi connectivity index (χ1v) is 14.8. The van der Waals surface area contributed by atoms with Crippen LogP contribution in [0.1, 0.15) is 51.5 Å². The van der Waals surface area contributed by atoms with Crippen molar-refractivity contribution in [1.82, 2.24) is 15.1 Å². The van der Waals surface area contributed by atoms with E-state index in [4.69, 9.17) is 9.47 Å². The van der Waals surface area contributed by atoms with E-state index in [0.717, 1.165) is 5.56 Å². The topological polar surface area (TPSA) is 125 Å². The summed E-state index contributed by atoms with van der Waals surface area (Å²) in [7, 11) is 0. The molecule has 42 heavy (non-hydrogen) atoms. The first kappa shape index (κ1) is 31.4. The Morgan fingerprint density at radius 1 is 1.26 bits per heavy atom. The van der Waals surface area contributed by atoms with Crippen LogP contribution in [0.4, 0.5) is 0 Å². The number of allylic oxidation sites excluding steroid dienone is 1. The lowest BCUT2D eigenvalue weighted by molar-refractivity contribution is -0.160. The average Bonchev–Trinajstić information content (AvgIpc) is 3.63. The lowest BCUT2D eigenvalue weighted by Crippen LogP contribution is -2.58. The Hall–Kier alpha value is -3.50. The Kier molecular flexibility index (Phi) is 10.2. The second-order valence-corrected chi connectivity index (χ2v) is 11.4. The summed E-state index contributed by atoms with van der Waals surface area (Å²) < 4.78 is 12.2. The van der Waals surface area contributed by atoms with E-state index in [0.29, 0.717) is 38.6 Å². The minimum atomic E-state index is -1.21. The molecule has 7 atom stereocenters. The van der Waals surface area contributed by atoms with E-state index in [-0.39, 0.29) is 37.4 Å². The van der Waals surface area contributed by atoms with Crippen molar-refractivity contribution in [1.29, 1.82) is 0 Å². The number of ether oxygens (including phenoxy) is 2. The number of aliphatic hydroxyl groups excluding tert-OH is 1. The van der Waals surface area contributed by atoms with Gasteiger partial charge in [-0.2, -0.15) is 0 Å². The van der Waals surface area contributed by atoms with Gasteiger partial charge in [0.05, 0.1) is 37.1 Å². The number of nitrogens with one attached hydrogen (secondary N) is 1. The number of esters is 1. The molecule has 10 nitrogen and oxygen atoms in total. The van der Waals surface area contributed by atoms with Crippen molar-refractivity contribution in [3.05, 3.63) is 61.2 Å². The van der Waals surface area contributed by atoms with Gasteiger partial charge in [-0.25, -0.2) is 0 Å². The summed E-state index contributed by atoms with van der Waals surface area (Å²) in [6, 6.07) is 7.94. The third-order valence-corrected chi connectivity index (χ3v) is 8.68. The molecule has 1 spiro atoms. The molecule has 2 bridgehead atoms. The minimum absolute atomic E-state index is 0.134. The number of nitrogens with zero attached hydrogens (tertiary/aromatic N) is 2. The molecule has 3 amide bonds. The molecule has 10 heteroatoms. The van der Waals surface area contributed by atoms with E-state index >= 15 is 0 Å². The highest BCUT2D eigenvalue weighted by molar-refractivity contribution is 5.98. The van der Waals surface area contributed by atoms with Crippen LogP contribution in [0.3, 0.4) is 0 Å². The predicted molar refractivity (Wildman–Crippen MR) is 156 cm³/mol. The molecule has 0 radical (unpaired) electrons. The van der Waals surface area contributed by atoms with Gasteiger partial charge < -0.3 is 29.7 Å². The second-order valence-electron chi connectivity index (χ2n) is 11.4. The van der Waals surface area contributed by atoms with Crippen molar-refractivity contribution in [2.45, 2.75) is 82.4 Å². The van der Waals surface area contributed by atoms with Crippen LogP contribution in [0.25, 0.3) is 0 Å². The Balaban J connectivity index is 1.60. The number of likely N-dealkylation sites (tertiary alicyclic amines) is 1. The summed E-state index contributed by atoms with van der Waals surface area (Å²) in [5.74, 6) is -3.21. The average molecular weight is 582 g/mol. The summed E-state index contributed by atoms with van der Waals surface area (Å²) in [6.45, 7) is 11.3. The fourth-order valence-electron chi connectivity index (χ4n) is 6.71. The number of fused-ring (bicyclic) bond motifs is 1. The molecule has 3 fully saturated rings. The number of hydrogen-bond acceptors (Lipinski definition) is 7. The predicted octanol–water partition coefficient (Wildman–Crippen LogP) is 2.36. The van der Waals surface area contributed by atoms with Crippen molar-refractivity contribution in [3.63, 3.8) is 0 Å². The summed E-state index contributed by atoms with van der Waals surface area (Å²) in [5, 5.41) is 13.0. The monoisotopic (exact) mass is 581 g/mol. The van der Waals surface area contributed by atoms with Crippen LogP contribution in [0.15, 0.2) is 55.6 Å². The van der Waals surface area contributed by atoms with Gasteiger partial charge in [0.15, 0.2) is 0 Å². The normalized spacial score (nSPS) is 27.2. The maximum atomic E-state index is 14.4. The molecule has 1 aromatic carbocycles. The fourth-order valence-corrected chi connectivity index (χ4v) is 6.71. The van der Waals surface area contributed by atoms with Crippen LogP contribution in [-0.4, -0.2) is 88.2 Å². The van der Waals surface area contributed by atoms with Gasteiger partial charge in [0.2, 0.25) is 17.7 Å². The van der Waals surface area contributed by atoms with Crippen molar-refractivity contribution in [3.8, 4) is 0 Å². The first-order chi connectivity index (χ1) is 20.2. The lowest BCUT2D eigenvalue weighted by atomic mass is 9.70. The van der Waals surface area contributed by atoms with Crippen molar-refractivity contribution >= 4 is 23.7 Å². The third-order valence-electron chi connectivity index (χ3n) is 8.68. The van der Waals surface area contributed by atoms with Gasteiger partial charge in [-0.1, -0.05) is 49.4 Å². The van der Waals surface area contributed by atoms with E-state index in [2.05, 4.69) is 18.5 Å². The Morgan fingerprint density at radius 2 is 2.00 bits per heavy atom. The number of carbonyl (C=O) groups is 4. The number of rotatable bonds is 15. The molecule has 0 aliphatic carbocycles. The lowest BCUT2D eigenvalue weighted by Gasteiger charge is -2.39. The smallest absolute Gasteiger partial charge is 0.312 e. The van der Waals surface area contributed by atoms with Crippen LogP contribution >= 0.6 is 0 Å². The van der Waals surface area contributed by atoms with E-state index in [1.54, 1.807) is 24.0 Å². The van der Waals surface area contributed by atoms with Gasteiger partial charge in [0.1, 0.15) is 17.7 Å². The third kappa shape index (κ3) is 6.01. The Bertz CT molecular complexity index is 1170. The highest BCUT2D eigenvalue weighted by Crippen LogP contribution is 2.59. The highest BCUT2D eigenvalue weighted by atomic mass is 16.6. The first-order valence-electron chi connectivity index (χ1n) is 14.8. The number of amides is 3. The van der Waals surface area contributed by atoms with Gasteiger partial charge in [-0.3, -0.25) is 19.2 Å². The van der Waals surface area contributed by atoms with Crippen molar-refractivity contribution in [2.75, 3.05) is 19.7 Å². The zero-order valence-electron chi connectivity index (χ0n) is 24.6. The van der Waals surface area contributed by atoms with Crippen LogP contribution < -0.4 is 5.32 Å². The zero-order chi connectivity index (χ0) is 30.4. The van der Waals surface area contributed by atoms with Crippen molar-refractivity contribution < 1.29 is 33.8 Å². The second kappa shape index (κ2) is 13.6. The van der Waals surface area contributed by atoms with E-state index < -0.39 is 47.7 Å².